The lowest BCUT2D eigenvalue weighted by atomic mass is 10.2. The molecule has 0 spiro atoms. The lowest BCUT2D eigenvalue weighted by Crippen LogP contribution is -2.15. The van der Waals surface area contributed by atoms with Gasteiger partial charge in [0.25, 0.3) is 5.91 Å². The van der Waals surface area contributed by atoms with Crippen LogP contribution in [0.1, 0.15) is 17.4 Å². The van der Waals surface area contributed by atoms with Crippen LogP contribution >= 0.6 is 0 Å². The van der Waals surface area contributed by atoms with Gasteiger partial charge in [0.15, 0.2) is 11.4 Å². The van der Waals surface area contributed by atoms with Crippen LogP contribution in [0.5, 0.6) is 17.2 Å². The minimum Gasteiger partial charge on any atom is -0.497 e. The number of nitrogens with one attached hydrogen (secondary N) is 1. The summed E-state index contributed by atoms with van der Waals surface area (Å²) >= 11 is 0. The Hall–Kier alpha value is -3.55. The molecule has 0 aliphatic carbocycles. The van der Waals surface area contributed by atoms with E-state index >= 15 is 0 Å². The highest BCUT2D eigenvalue weighted by molar-refractivity contribution is 6.05. The molecule has 0 aliphatic heterocycles. The first-order chi connectivity index (χ1) is 13.5. The van der Waals surface area contributed by atoms with Gasteiger partial charge in [-0.15, -0.1) is 0 Å². The molecule has 0 saturated heterocycles. The molecule has 0 saturated carbocycles. The van der Waals surface area contributed by atoms with Crippen molar-refractivity contribution in [2.45, 2.75) is 6.92 Å². The molecule has 28 heavy (non-hydrogen) atoms. The number of amides is 1. The van der Waals surface area contributed by atoms with E-state index in [0.29, 0.717) is 35.2 Å². The van der Waals surface area contributed by atoms with E-state index in [1.807, 2.05) is 6.92 Å². The molecular formula is C20H20FN3O4. The molecule has 1 N–H and O–H groups in total. The first-order valence-electron chi connectivity index (χ1n) is 8.57. The molecule has 1 heterocycles. The summed E-state index contributed by atoms with van der Waals surface area (Å²) in [6.45, 7) is 2.17. The Morgan fingerprint density at radius 2 is 1.86 bits per heavy atom. The van der Waals surface area contributed by atoms with E-state index in [1.54, 1.807) is 43.6 Å². The van der Waals surface area contributed by atoms with Gasteiger partial charge in [0.05, 0.1) is 38.4 Å². The van der Waals surface area contributed by atoms with Crippen LogP contribution in [0.25, 0.3) is 5.69 Å². The van der Waals surface area contributed by atoms with Crippen molar-refractivity contribution >= 4 is 11.6 Å². The number of methoxy groups -OCH3 is 2. The van der Waals surface area contributed by atoms with Gasteiger partial charge in [-0.2, -0.15) is 5.10 Å². The van der Waals surface area contributed by atoms with Crippen LogP contribution in [-0.2, 0) is 0 Å². The van der Waals surface area contributed by atoms with E-state index in [9.17, 15) is 9.18 Å². The number of carbonyl (C=O) groups excluding carboxylic acids is 1. The van der Waals surface area contributed by atoms with Gasteiger partial charge in [0.2, 0.25) is 0 Å². The van der Waals surface area contributed by atoms with Crippen molar-refractivity contribution in [2.24, 2.45) is 0 Å². The average Bonchev–Trinajstić information content (AvgIpc) is 3.13. The molecule has 7 nitrogen and oxygen atoms in total. The van der Waals surface area contributed by atoms with Crippen LogP contribution in [0.4, 0.5) is 10.1 Å². The number of anilines is 1. The van der Waals surface area contributed by atoms with Crippen LogP contribution in [-0.4, -0.2) is 36.5 Å². The number of ether oxygens (including phenoxy) is 3. The van der Waals surface area contributed by atoms with Crippen molar-refractivity contribution in [2.75, 3.05) is 26.1 Å². The van der Waals surface area contributed by atoms with E-state index in [0.717, 1.165) is 0 Å². The van der Waals surface area contributed by atoms with Crippen molar-refractivity contribution in [3.05, 3.63) is 60.2 Å². The van der Waals surface area contributed by atoms with Gasteiger partial charge >= 0.3 is 0 Å². The van der Waals surface area contributed by atoms with E-state index in [4.69, 9.17) is 14.2 Å². The molecule has 3 aromatic rings. The predicted octanol–water partition coefficient (Wildman–Crippen LogP) is 3.68. The Balaban J connectivity index is 1.91. The molecule has 8 heteroatoms. The molecule has 2 aromatic carbocycles. The number of nitrogens with zero attached hydrogens (tertiary/aromatic N) is 2. The van der Waals surface area contributed by atoms with Gasteiger partial charge in [0, 0.05) is 6.07 Å². The number of hydrogen-bond acceptors (Lipinski definition) is 5. The molecule has 3 rings (SSSR count). The van der Waals surface area contributed by atoms with Gasteiger partial charge in [0.1, 0.15) is 17.3 Å². The summed E-state index contributed by atoms with van der Waals surface area (Å²) < 4.78 is 30.6. The summed E-state index contributed by atoms with van der Waals surface area (Å²) in [6.07, 6.45) is 1.58. The Bertz CT molecular complexity index is 970. The summed E-state index contributed by atoms with van der Waals surface area (Å²) in [5, 5.41) is 7.07. The van der Waals surface area contributed by atoms with E-state index in [-0.39, 0.29) is 11.5 Å². The van der Waals surface area contributed by atoms with Crippen LogP contribution in [0.15, 0.2) is 48.7 Å². The van der Waals surface area contributed by atoms with Crippen LogP contribution in [0.2, 0.25) is 0 Å². The molecule has 0 bridgehead atoms. The fourth-order valence-electron chi connectivity index (χ4n) is 2.59. The maximum Gasteiger partial charge on any atom is 0.280 e. The first-order valence-corrected chi connectivity index (χ1v) is 8.57. The summed E-state index contributed by atoms with van der Waals surface area (Å²) in [7, 11) is 3.04. The zero-order valence-electron chi connectivity index (χ0n) is 15.7. The zero-order chi connectivity index (χ0) is 20.1. The zero-order valence-corrected chi connectivity index (χ0v) is 15.7. The molecular weight excluding hydrogens is 365 g/mol. The lowest BCUT2D eigenvalue weighted by Gasteiger charge is -2.11. The standard InChI is InChI=1S/C20H20FN3O4/c1-4-28-18-12-24(14-7-5-13(21)6-8-14)23-19(18)20(25)22-16-10-9-15(26-2)11-17(16)27-3/h5-12H,4H2,1-3H3,(H,22,25). The van der Waals surface area contributed by atoms with Gasteiger partial charge in [-0.05, 0) is 43.3 Å². The lowest BCUT2D eigenvalue weighted by molar-refractivity contribution is 0.101. The summed E-state index contributed by atoms with van der Waals surface area (Å²) in [5.74, 6) is 0.546. The number of halogens is 1. The molecule has 146 valence electrons. The third kappa shape index (κ3) is 4.06. The molecule has 0 aliphatic rings. The molecule has 1 amide bonds. The van der Waals surface area contributed by atoms with Gasteiger partial charge < -0.3 is 19.5 Å². The monoisotopic (exact) mass is 385 g/mol. The van der Waals surface area contributed by atoms with Crippen molar-refractivity contribution < 1.29 is 23.4 Å². The van der Waals surface area contributed by atoms with Crippen LogP contribution in [0.3, 0.4) is 0 Å². The Labute approximate surface area is 161 Å². The summed E-state index contributed by atoms with van der Waals surface area (Å²) in [5.41, 5.74) is 1.17. The van der Waals surface area contributed by atoms with Gasteiger partial charge in [-0.3, -0.25) is 4.79 Å². The SMILES string of the molecule is CCOc1cn(-c2ccc(F)cc2)nc1C(=O)Nc1ccc(OC)cc1OC. The fourth-order valence-corrected chi connectivity index (χ4v) is 2.59. The van der Waals surface area contributed by atoms with Crippen molar-refractivity contribution in [1.82, 2.24) is 9.78 Å². The number of benzene rings is 2. The van der Waals surface area contributed by atoms with Crippen molar-refractivity contribution in [3.8, 4) is 22.9 Å². The maximum atomic E-state index is 13.2. The molecule has 0 atom stereocenters. The number of carbonyl (C=O) groups is 1. The molecule has 0 fully saturated rings. The summed E-state index contributed by atoms with van der Waals surface area (Å²) in [6, 6.07) is 10.8. The second kappa shape index (κ2) is 8.43. The number of hydrogen-bond donors (Lipinski definition) is 1. The highest BCUT2D eigenvalue weighted by Crippen LogP contribution is 2.30. The minimum absolute atomic E-state index is 0.101. The molecule has 1 aromatic heterocycles. The quantitative estimate of drug-likeness (QED) is 0.672. The van der Waals surface area contributed by atoms with E-state index < -0.39 is 5.91 Å². The van der Waals surface area contributed by atoms with Crippen molar-refractivity contribution in [1.29, 1.82) is 0 Å². The highest BCUT2D eigenvalue weighted by Gasteiger charge is 2.20. The Morgan fingerprint density at radius 3 is 2.50 bits per heavy atom. The third-order valence-electron chi connectivity index (χ3n) is 3.94. The minimum atomic E-state index is -0.465. The van der Waals surface area contributed by atoms with E-state index in [2.05, 4.69) is 10.4 Å². The average molecular weight is 385 g/mol. The van der Waals surface area contributed by atoms with Gasteiger partial charge in [-0.1, -0.05) is 0 Å². The fraction of sp³-hybridized carbons (Fsp3) is 0.200. The summed E-state index contributed by atoms with van der Waals surface area (Å²) in [4.78, 5) is 12.8. The normalized spacial score (nSPS) is 10.4. The molecule has 0 unspecified atom stereocenters. The highest BCUT2D eigenvalue weighted by atomic mass is 19.1. The first kappa shape index (κ1) is 19.2. The predicted molar refractivity (Wildman–Crippen MR) is 102 cm³/mol. The van der Waals surface area contributed by atoms with Crippen molar-refractivity contribution in [3.63, 3.8) is 0 Å². The second-order valence-corrected chi connectivity index (χ2v) is 5.72. The number of aromatic nitrogens is 2. The van der Waals surface area contributed by atoms with E-state index in [1.165, 1.54) is 23.9 Å². The Morgan fingerprint density at radius 1 is 1.11 bits per heavy atom. The van der Waals surface area contributed by atoms with Gasteiger partial charge in [-0.25, -0.2) is 9.07 Å². The Kier molecular flexibility index (Phi) is 5.78. The smallest absolute Gasteiger partial charge is 0.280 e. The largest absolute Gasteiger partial charge is 0.497 e. The topological polar surface area (TPSA) is 74.6 Å². The third-order valence-corrected chi connectivity index (χ3v) is 3.94. The maximum absolute atomic E-state index is 13.2. The van der Waals surface area contributed by atoms with Crippen LogP contribution < -0.4 is 19.5 Å². The molecule has 0 radical (unpaired) electrons. The second-order valence-electron chi connectivity index (χ2n) is 5.72. The number of rotatable bonds is 7. The van der Waals surface area contributed by atoms with Crippen LogP contribution in [0, 0.1) is 5.82 Å².